The number of anilines is 1. The molecule has 0 fully saturated rings. The molecule has 0 unspecified atom stereocenters. The Kier molecular flexibility index (Phi) is 7.88. The Morgan fingerprint density at radius 1 is 1.10 bits per heavy atom. The highest BCUT2D eigenvalue weighted by Crippen LogP contribution is 2.15. The van der Waals surface area contributed by atoms with Gasteiger partial charge in [0, 0.05) is 18.8 Å². The summed E-state index contributed by atoms with van der Waals surface area (Å²) in [7, 11) is -3.62. The van der Waals surface area contributed by atoms with Crippen LogP contribution in [-0.2, 0) is 19.6 Å². The van der Waals surface area contributed by atoms with Crippen LogP contribution in [0.1, 0.15) is 23.7 Å². The van der Waals surface area contributed by atoms with E-state index in [9.17, 15) is 18.0 Å². The Hall–Kier alpha value is -3.22. The molecule has 2 aromatic carbocycles. The van der Waals surface area contributed by atoms with Crippen LogP contribution in [0.25, 0.3) is 0 Å². The van der Waals surface area contributed by atoms with E-state index < -0.39 is 28.5 Å². The molecule has 0 saturated heterocycles. The molecule has 8 nitrogen and oxygen atoms in total. The van der Waals surface area contributed by atoms with Crippen LogP contribution in [0.15, 0.2) is 59.5 Å². The number of hydrogen-bond donors (Lipinski definition) is 1. The molecular weight excluding hydrogens is 394 g/mol. The zero-order valence-corrected chi connectivity index (χ0v) is 16.7. The smallest absolute Gasteiger partial charge is 0.338 e. The van der Waals surface area contributed by atoms with Crippen molar-refractivity contribution in [3.05, 3.63) is 60.2 Å². The average molecular weight is 415 g/mol. The maximum atomic E-state index is 12.5. The van der Waals surface area contributed by atoms with Gasteiger partial charge in [0.1, 0.15) is 0 Å². The molecular formula is C20H21N3O5S. The Morgan fingerprint density at radius 3 is 2.34 bits per heavy atom. The number of carbonyl (C=O) groups is 2. The summed E-state index contributed by atoms with van der Waals surface area (Å²) in [6.07, 6.45) is 0.135. The fourth-order valence-corrected chi connectivity index (χ4v) is 3.54. The van der Waals surface area contributed by atoms with E-state index in [2.05, 4.69) is 4.72 Å². The SMILES string of the molecule is CCNS(=O)(=O)c1ccc(C(=O)OCC(=O)N(CCC#N)c2ccccc2)cc1. The number of nitrogens with one attached hydrogen (secondary N) is 1. The number of rotatable bonds is 9. The van der Waals surface area contributed by atoms with Gasteiger partial charge in [-0.15, -0.1) is 0 Å². The summed E-state index contributed by atoms with van der Waals surface area (Å²) in [5, 5.41) is 8.80. The topological polar surface area (TPSA) is 117 Å². The zero-order valence-electron chi connectivity index (χ0n) is 15.9. The average Bonchev–Trinajstić information content (AvgIpc) is 2.73. The Labute approximate surface area is 169 Å². The van der Waals surface area contributed by atoms with E-state index in [0.717, 1.165) is 0 Å². The third-order valence-electron chi connectivity index (χ3n) is 3.88. The fourth-order valence-electron chi connectivity index (χ4n) is 2.50. The van der Waals surface area contributed by atoms with E-state index in [-0.39, 0.29) is 30.0 Å². The monoisotopic (exact) mass is 415 g/mol. The van der Waals surface area contributed by atoms with Crippen molar-refractivity contribution in [2.75, 3.05) is 24.6 Å². The lowest BCUT2D eigenvalue weighted by atomic mass is 10.2. The molecule has 0 radical (unpaired) electrons. The minimum Gasteiger partial charge on any atom is -0.452 e. The third kappa shape index (κ3) is 6.14. The van der Waals surface area contributed by atoms with Gasteiger partial charge in [-0.2, -0.15) is 5.26 Å². The first kappa shape index (κ1) is 22.1. The summed E-state index contributed by atoms with van der Waals surface area (Å²) in [4.78, 5) is 26.1. The van der Waals surface area contributed by atoms with E-state index >= 15 is 0 Å². The van der Waals surface area contributed by atoms with Gasteiger partial charge in [0.05, 0.1) is 22.9 Å². The first-order valence-corrected chi connectivity index (χ1v) is 10.4. The maximum Gasteiger partial charge on any atom is 0.338 e. The molecule has 152 valence electrons. The van der Waals surface area contributed by atoms with Gasteiger partial charge in [-0.05, 0) is 36.4 Å². The van der Waals surface area contributed by atoms with Crippen molar-refractivity contribution in [3.63, 3.8) is 0 Å². The molecule has 0 aliphatic heterocycles. The lowest BCUT2D eigenvalue weighted by Gasteiger charge is -2.21. The molecule has 2 rings (SSSR count). The number of sulfonamides is 1. The summed E-state index contributed by atoms with van der Waals surface area (Å²) in [6.45, 7) is 1.58. The van der Waals surface area contributed by atoms with Crippen LogP contribution in [0.4, 0.5) is 5.69 Å². The van der Waals surface area contributed by atoms with Crippen molar-refractivity contribution in [1.82, 2.24) is 4.72 Å². The number of nitriles is 1. The fraction of sp³-hybridized carbons (Fsp3) is 0.250. The van der Waals surface area contributed by atoms with Gasteiger partial charge in [0.15, 0.2) is 6.61 Å². The van der Waals surface area contributed by atoms with Crippen LogP contribution in [0, 0.1) is 11.3 Å². The Bertz CT molecular complexity index is 983. The van der Waals surface area contributed by atoms with E-state index in [0.29, 0.717) is 5.69 Å². The number of esters is 1. The summed E-state index contributed by atoms with van der Waals surface area (Å²) < 4.78 is 31.3. The molecule has 0 aliphatic carbocycles. The summed E-state index contributed by atoms with van der Waals surface area (Å²) >= 11 is 0. The number of amides is 1. The highest BCUT2D eigenvalue weighted by molar-refractivity contribution is 7.89. The van der Waals surface area contributed by atoms with Crippen molar-refractivity contribution in [2.24, 2.45) is 0 Å². The molecule has 0 atom stereocenters. The van der Waals surface area contributed by atoms with Crippen LogP contribution >= 0.6 is 0 Å². The number of para-hydroxylation sites is 1. The Morgan fingerprint density at radius 2 is 1.76 bits per heavy atom. The predicted octanol–water partition coefficient (Wildman–Crippen LogP) is 2.09. The van der Waals surface area contributed by atoms with Crippen molar-refractivity contribution in [2.45, 2.75) is 18.2 Å². The summed E-state index contributed by atoms with van der Waals surface area (Å²) in [5.74, 6) is -1.22. The van der Waals surface area contributed by atoms with Crippen LogP contribution in [0.2, 0.25) is 0 Å². The third-order valence-corrected chi connectivity index (χ3v) is 5.44. The van der Waals surface area contributed by atoms with Crippen molar-refractivity contribution >= 4 is 27.6 Å². The second-order valence-electron chi connectivity index (χ2n) is 5.89. The van der Waals surface area contributed by atoms with Crippen LogP contribution in [0.3, 0.4) is 0 Å². The molecule has 29 heavy (non-hydrogen) atoms. The maximum absolute atomic E-state index is 12.5. The van der Waals surface area contributed by atoms with Crippen molar-refractivity contribution in [1.29, 1.82) is 5.26 Å². The van der Waals surface area contributed by atoms with Crippen LogP contribution in [0.5, 0.6) is 0 Å². The molecule has 1 amide bonds. The number of benzene rings is 2. The molecule has 0 bridgehead atoms. The van der Waals surface area contributed by atoms with Gasteiger partial charge < -0.3 is 9.64 Å². The van der Waals surface area contributed by atoms with Gasteiger partial charge in [0.2, 0.25) is 10.0 Å². The van der Waals surface area contributed by atoms with E-state index in [4.69, 9.17) is 10.00 Å². The lowest BCUT2D eigenvalue weighted by Crippen LogP contribution is -2.35. The second-order valence-corrected chi connectivity index (χ2v) is 7.66. The van der Waals surface area contributed by atoms with Gasteiger partial charge in [-0.3, -0.25) is 4.79 Å². The molecule has 0 saturated carbocycles. The molecule has 9 heteroatoms. The van der Waals surface area contributed by atoms with E-state index in [1.54, 1.807) is 37.3 Å². The van der Waals surface area contributed by atoms with Gasteiger partial charge >= 0.3 is 5.97 Å². The minimum absolute atomic E-state index is 0.0266. The number of ether oxygens (including phenoxy) is 1. The predicted molar refractivity (Wildman–Crippen MR) is 107 cm³/mol. The van der Waals surface area contributed by atoms with E-state index in [1.165, 1.54) is 29.2 Å². The molecule has 0 spiro atoms. The molecule has 2 aromatic rings. The standard InChI is InChI=1S/C20H21N3O5S/c1-2-22-29(26,27)18-11-9-16(10-12-18)20(25)28-15-19(24)23(14-6-13-21)17-7-4-3-5-8-17/h3-5,7-12,22H,2,6,14-15H2,1H3. The minimum atomic E-state index is -3.62. The molecule has 0 heterocycles. The van der Waals surface area contributed by atoms with Crippen LogP contribution in [-0.4, -0.2) is 40.0 Å². The van der Waals surface area contributed by atoms with Crippen LogP contribution < -0.4 is 9.62 Å². The van der Waals surface area contributed by atoms with Gasteiger partial charge in [-0.25, -0.2) is 17.9 Å². The van der Waals surface area contributed by atoms with Gasteiger partial charge in [-0.1, -0.05) is 25.1 Å². The normalized spacial score (nSPS) is 10.8. The summed E-state index contributed by atoms with van der Waals surface area (Å²) in [5.41, 5.74) is 0.721. The number of nitrogens with zero attached hydrogens (tertiary/aromatic N) is 2. The quantitative estimate of drug-likeness (QED) is 0.627. The summed E-state index contributed by atoms with van der Waals surface area (Å²) in [6, 6.07) is 16.0. The number of hydrogen-bond acceptors (Lipinski definition) is 6. The highest BCUT2D eigenvalue weighted by Gasteiger charge is 2.19. The second kappa shape index (κ2) is 10.4. The number of carbonyl (C=O) groups excluding carboxylic acids is 2. The Balaban J connectivity index is 2.03. The van der Waals surface area contributed by atoms with Crippen molar-refractivity contribution < 1.29 is 22.7 Å². The van der Waals surface area contributed by atoms with Gasteiger partial charge in [0.25, 0.3) is 5.91 Å². The zero-order chi connectivity index (χ0) is 21.3. The largest absolute Gasteiger partial charge is 0.452 e. The van der Waals surface area contributed by atoms with Crippen molar-refractivity contribution in [3.8, 4) is 6.07 Å². The molecule has 0 aromatic heterocycles. The first-order valence-electron chi connectivity index (χ1n) is 8.88. The highest BCUT2D eigenvalue weighted by atomic mass is 32.2. The first-order chi connectivity index (χ1) is 13.9. The molecule has 0 aliphatic rings. The molecule has 1 N–H and O–H groups in total. The lowest BCUT2D eigenvalue weighted by molar-refractivity contribution is -0.121. The van der Waals surface area contributed by atoms with E-state index in [1.807, 2.05) is 6.07 Å².